The highest BCUT2D eigenvalue weighted by Crippen LogP contribution is 2.26. The first-order valence-electron chi connectivity index (χ1n) is 4.48. The van der Waals surface area contributed by atoms with E-state index in [2.05, 4.69) is 20.8 Å². The van der Waals surface area contributed by atoms with Crippen LogP contribution in [0.5, 0.6) is 0 Å². The van der Waals surface area contributed by atoms with Gasteiger partial charge in [-0.05, 0) is 24.7 Å². The molecular weight excluding hydrogens is 156 g/mol. The van der Waals surface area contributed by atoms with Crippen molar-refractivity contribution in [2.75, 3.05) is 5.75 Å². The third kappa shape index (κ3) is 2.29. The van der Waals surface area contributed by atoms with Gasteiger partial charge in [0.25, 0.3) is 0 Å². The van der Waals surface area contributed by atoms with Crippen molar-refractivity contribution in [2.45, 2.75) is 38.9 Å². The minimum absolute atomic E-state index is 0.449. The third-order valence-electron chi connectivity index (χ3n) is 2.71. The van der Waals surface area contributed by atoms with Crippen LogP contribution in [0.4, 0.5) is 0 Å². The van der Waals surface area contributed by atoms with Gasteiger partial charge in [-0.2, -0.15) is 0 Å². The summed E-state index contributed by atoms with van der Waals surface area (Å²) in [6.07, 6.45) is 2.44. The lowest BCUT2D eigenvalue weighted by atomic mass is 9.92. The largest absolute Gasteiger partial charge is 0.259 e. The van der Waals surface area contributed by atoms with E-state index in [1.807, 2.05) is 0 Å². The van der Waals surface area contributed by atoms with E-state index in [-0.39, 0.29) is 0 Å². The highest BCUT2D eigenvalue weighted by Gasteiger charge is 2.25. The molecule has 0 aromatic carbocycles. The minimum Gasteiger partial charge on any atom is -0.259 e. The van der Waals surface area contributed by atoms with Crippen LogP contribution in [-0.2, 0) is 10.8 Å². The van der Waals surface area contributed by atoms with Gasteiger partial charge in [0.05, 0.1) is 0 Å². The van der Waals surface area contributed by atoms with Gasteiger partial charge >= 0.3 is 0 Å². The maximum Gasteiger partial charge on any atom is 0.0320 e. The van der Waals surface area contributed by atoms with Gasteiger partial charge in [-0.15, -0.1) is 0 Å². The standard InChI is InChI=1S/C9H18OS/c1-7(2)9-5-4-8(3)11(10)6-9/h7-9H,4-6H2,1-3H3. The molecule has 0 radical (unpaired) electrons. The van der Waals surface area contributed by atoms with Crippen LogP contribution in [0, 0.1) is 11.8 Å². The summed E-state index contributed by atoms with van der Waals surface area (Å²) in [7, 11) is -0.536. The van der Waals surface area contributed by atoms with Crippen LogP contribution in [0.15, 0.2) is 0 Å². The van der Waals surface area contributed by atoms with Gasteiger partial charge in [-0.3, -0.25) is 4.21 Å². The van der Waals surface area contributed by atoms with E-state index in [9.17, 15) is 4.21 Å². The van der Waals surface area contributed by atoms with E-state index in [4.69, 9.17) is 0 Å². The Hall–Kier alpha value is 0.150. The molecular formula is C9H18OS. The van der Waals surface area contributed by atoms with Crippen molar-refractivity contribution in [1.82, 2.24) is 0 Å². The van der Waals surface area contributed by atoms with Crippen LogP contribution in [0.2, 0.25) is 0 Å². The predicted octanol–water partition coefficient (Wildman–Crippen LogP) is 2.19. The Morgan fingerprint density at radius 1 is 1.36 bits per heavy atom. The first-order chi connectivity index (χ1) is 5.11. The van der Waals surface area contributed by atoms with Crippen molar-refractivity contribution in [3.05, 3.63) is 0 Å². The van der Waals surface area contributed by atoms with E-state index < -0.39 is 10.8 Å². The number of rotatable bonds is 1. The molecule has 1 rings (SSSR count). The molecule has 0 saturated carbocycles. The Labute approximate surface area is 72.0 Å². The molecule has 0 spiro atoms. The molecule has 11 heavy (non-hydrogen) atoms. The van der Waals surface area contributed by atoms with E-state index in [0.29, 0.717) is 17.1 Å². The average Bonchev–Trinajstić information content (AvgIpc) is 1.94. The van der Waals surface area contributed by atoms with Crippen LogP contribution in [0.25, 0.3) is 0 Å². The third-order valence-corrected chi connectivity index (χ3v) is 4.60. The van der Waals surface area contributed by atoms with Crippen molar-refractivity contribution in [1.29, 1.82) is 0 Å². The Morgan fingerprint density at radius 2 is 2.00 bits per heavy atom. The summed E-state index contributed by atoms with van der Waals surface area (Å²) in [6.45, 7) is 6.57. The molecule has 2 heteroatoms. The van der Waals surface area contributed by atoms with Gasteiger partial charge in [-0.25, -0.2) is 0 Å². The fourth-order valence-corrected chi connectivity index (χ4v) is 3.27. The van der Waals surface area contributed by atoms with Gasteiger partial charge in [0.15, 0.2) is 0 Å². The van der Waals surface area contributed by atoms with Gasteiger partial charge < -0.3 is 0 Å². The summed E-state index contributed by atoms with van der Waals surface area (Å²) in [4.78, 5) is 0. The lowest BCUT2D eigenvalue weighted by Gasteiger charge is -2.28. The van der Waals surface area contributed by atoms with Gasteiger partial charge in [0.2, 0.25) is 0 Å². The second-order valence-electron chi connectivity index (χ2n) is 3.94. The van der Waals surface area contributed by atoms with E-state index in [0.717, 1.165) is 12.2 Å². The molecule has 1 fully saturated rings. The topological polar surface area (TPSA) is 17.1 Å². The zero-order valence-corrected chi connectivity index (χ0v) is 8.49. The summed E-state index contributed by atoms with van der Waals surface area (Å²) >= 11 is 0. The second kappa shape index (κ2) is 3.70. The summed E-state index contributed by atoms with van der Waals surface area (Å²) in [5, 5.41) is 0.449. The smallest absolute Gasteiger partial charge is 0.0320 e. The van der Waals surface area contributed by atoms with Crippen LogP contribution < -0.4 is 0 Å². The van der Waals surface area contributed by atoms with Crippen molar-refractivity contribution in [3.63, 3.8) is 0 Å². The molecule has 0 bridgehead atoms. The van der Waals surface area contributed by atoms with Crippen molar-refractivity contribution in [2.24, 2.45) is 11.8 Å². The molecule has 0 aliphatic carbocycles. The molecule has 3 unspecified atom stereocenters. The molecule has 3 atom stereocenters. The van der Waals surface area contributed by atoms with Gasteiger partial charge in [0, 0.05) is 21.8 Å². The molecule has 1 aliphatic heterocycles. The first-order valence-corrected chi connectivity index (χ1v) is 5.86. The minimum atomic E-state index is -0.536. The van der Waals surface area contributed by atoms with Crippen LogP contribution in [0.1, 0.15) is 33.6 Å². The zero-order valence-electron chi connectivity index (χ0n) is 7.67. The Morgan fingerprint density at radius 3 is 2.45 bits per heavy atom. The molecule has 0 aromatic heterocycles. The first kappa shape index (κ1) is 9.24. The molecule has 66 valence electrons. The van der Waals surface area contributed by atoms with Crippen LogP contribution in [-0.4, -0.2) is 15.2 Å². The predicted molar refractivity (Wildman–Crippen MR) is 50.0 cm³/mol. The molecule has 1 heterocycles. The number of hydrogen-bond acceptors (Lipinski definition) is 1. The normalized spacial score (nSPS) is 39.5. The highest BCUT2D eigenvalue weighted by molar-refractivity contribution is 7.85. The summed E-state index contributed by atoms with van der Waals surface area (Å²) in [5.41, 5.74) is 0. The van der Waals surface area contributed by atoms with E-state index in [1.54, 1.807) is 0 Å². The Kier molecular flexibility index (Phi) is 3.11. The van der Waals surface area contributed by atoms with Gasteiger partial charge in [-0.1, -0.05) is 20.8 Å². The summed E-state index contributed by atoms with van der Waals surface area (Å²) in [6, 6.07) is 0. The fraction of sp³-hybridized carbons (Fsp3) is 1.00. The molecule has 0 N–H and O–H groups in total. The quantitative estimate of drug-likeness (QED) is 0.595. The van der Waals surface area contributed by atoms with E-state index >= 15 is 0 Å². The molecule has 0 aromatic rings. The maximum atomic E-state index is 11.4. The Balaban J connectivity index is 2.46. The Bertz CT molecular complexity index is 154. The van der Waals surface area contributed by atoms with Gasteiger partial charge in [0.1, 0.15) is 0 Å². The molecule has 1 aliphatic rings. The fourth-order valence-electron chi connectivity index (χ4n) is 1.56. The van der Waals surface area contributed by atoms with Crippen LogP contribution in [0.3, 0.4) is 0 Å². The summed E-state index contributed by atoms with van der Waals surface area (Å²) in [5.74, 6) is 2.37. The average molecular weight is 174 g/mol. The monoisotopic (exact) mass is 174 g/mol. The molecule has 1 nitrogen and oxygen atoms in total. The van der Waals surface area contributed by atoms with E-state index in [1.165, 1.54) is 6.42 Å². The van der Waals surface area contributed by atoms with Crippen molar-refractivity contribution in [3.8, 4) is 0 Å². The lowest BCUT2D eigenvalue weighted by Crippen LogP contribution is -2.29. The maximum absolute atomic E-state index is 11.4. The lowest BCUT2D eigenvalue weighted by molar-refractivity contribution is 0.372. The molecule has 1 saturated heterocycles. The van der Waals surface area contributed by atoms with Crippen molar-refractivity contribution >= 4 is 10.8 Å². The van der Waals surface area contributed by atoms with Crippen molar-refractivity contribution < 1.29 is 4.21 Å². The second-order valence-corrected chi connectivity index (χ2v) is 5.84. The zero-order chi connectivity index (χ0) is 8.43. The summed E-state index contributed by atoms with van der Waals surface area (Å²) < 4.78 is 11.4. The molecule has 0 amide bonds. The SMILES string of the molecule is CC(C)C1CCC(C)S(=O)C1. The highest BCUT2D eigenvalue weighted by atomic mass is 32.2. The number of hydrogen-bond donors (Lipinski definition) is 0. The van der Waals surface area contributed by atoms with Crippen LogP contribution >= 0.6 is 0 Å².